The lowest BCUT2D eigenvalue weighted by Crippen LogP contribution is -2.26. The third kappa shape index (κ3) is 4.36. The van der Waals surface area contributed by atoms with Crippen LogP contribution < -0.4 is 5.73 Å². The van der Waals surface area contributed by atoms with E-state index in [0.717, 1.165) is 12.1 Å². The predicted molar refractivity (Wildman–Crippen MR) is 67.5 cm³/mol. The van der Waals surface area contributed by atoms with E-state index in [1.807, 2.05) is 6.92 Å². The Hall–Kier alpha value is -0.980. The molecule has 6 heteroatoms. The van der Waals surface area contributed by atoms with Crippen LogP contribution in [-0.4, -0.2) is 33.4 Å². The van der Waals surface area contributed by atoms with Crippen LogP contribution in [0.2, 0.25) is 0 Å². The highest BCUT2D eigenvalue weighted by Crippen LogP contribution is 2.14. The molecule has 1 rings (SSSR count). The first-order valence-corrected chi connectivity index (χ1v) is 7.44. The van der Waals surface area contributed by atoms with Gasteiger partial charge in [-0.2, -0.15) is 0 Å². The fraction of sp³-hybridized carbons (Fsp3) is 0.500. The summed E-state index contributed by atoms with van der Waals surface area (Å²) in [7, 11) is -3.40. The highest BCUT2D eigenvalue weighted by atomic mass is 32.2. The molecule has 0 aliphatic heterocycles. The normalized spacial score (nSPS) is 13.5. The molecule has 2 N–H and O–H groups in total. The summed E-state index contributed by atoms with van der Waals surface area (Å²) in [6.07, 6.45) is 0.0783. The number of hydrogen-bond acceptors (Lipinski definition) is 4. The van der Waals surface area contributed by atoms with Gasteiger partial charge in [0, 0.05) is 13.2 Å². The topological polar surface area (TPSA) is 69.4 Å². The van der Waals surface area contributed by atoms with E-state index in [1.165, 1.54) is 12.1 Å². The molecule has 0 saturated heterocycles. The van der Waals surface area contributed by atoms with Crippen LogP contribution in [0.5, 0.6) is 0 Å². The predicted octanol–water partition coefficient (Wildman–Crippen LogP) is 1.35. The van der Waals surface area contributed by atoms with Crippen LogP contribution in [0.3, 0.4) is 0 Å². The number of nitrogens with two attached hydrogens (primary N) is 1. The molecule has 0 aliphatic carbocycles. The van der Waals surface area contributed by atoms with E-state index >= 15 is 0 Å². The van der Waals surface area contributed by atoms with Gasteiger partial charge in [-0.1, -0.05) is 0 Å². The SMILES string of the molecule is CCOC(CN)CCS(=O)(=O)c1ccc(F)cc1. The van der Waals surface area contributed by atoms with Crippen LogP contribution in [0.1, 0.15) is 13.3 Å². The van der Waals surface area contributed by atoms with E-state index in [0.29, 0.717) is 13.0 Å². The largest absolute Gasteiger partial charge is 0.377 e. The molecule has 102 valence electrons. The molecule has 0 amide bonds. The van der Waals surface area contributed by atoms with Gasteiger partial charge < -0.3 is 10.5 Å². The van der Waals surface area contributed by atoms with Crippen LogP contribution in [0, 0.1) is 5.82 Å². The van der Waals surface area contributed by atoms with E-state index in [-0.39, 0.29) is 23.3 Å². The zero-order chi connectivity index (χ0) is 13.6. The maximum atomic E-state index is 12.7. The Kier molecular flexibility index (Phi) is 5.71. The van der Waals surface area contributed by atoms with Crippen LogP contribution in [0.15, 0.2) is 29.2 Å². The summed E-state index contributed by atoms with van der Waals surface area (Å²) in [4.78, 5) is 0.121. The van der Waals surface area contributed by atoms with Crippen molar-refractivity contribution in [1.82, 2.24) is 0 Å². The Balaban J connectivity index is 2.67. The second-order valence-electron chi connectivity index (χ2n) is 3.87. The Morgan fingerprint density at radius 2 is 1.94 bits per heavy atom. The fourth-order valence-electron chi connectivity index (χ4n) is 1.55. The summed E-state index contributed by atoms with van der Waals surface area (Å²) in [5.41, 5.74) is 5.48. The van der Waals surface area contributed by atoms with E-state index in [4.69, 9.17) is 10.5 Å². The average Bonchev–Trinajstić information content (AvgIpc) is 2.35. The highest BCUT2D eigenvalue weighted by molar-refractivity contribution is 7.91. The third-order valence-corrected chi connectivity index (χ3v) is 4.31. The minimum atomic E-state index is -3.40. The second kappa shape index (κ2) is 6.82. The fourth-order valence-corrected chi connectivity index (χ4v) is 2.91. The van der Waals surface area contributed by atoms with Crippen LogP contribution in [-0.2, 0) is 14.6 Å². The molecule has 0 spiro atoms. The van der Waals surface area contributed by atoms with Crippen molar-refractivity contribution in [2.45, 2.75) is 24.3 Å². The van der Waals surface area contributed by atoms with Crippen molar-refractivity contribution < 1.29 is 17.5 Å². The van der Waals surface area contributed by atoms with Gasteiger partial charge in [-0.3, -0.25) is 0 Å². The first-order chi connectivity index (χ1) is 8.49. The molecule has 0 bridgehead atoms. The molecule has 0 aliphatic rings. The first kappa shape index (κ1) is 15.1. The second-order valence-corrected chi connectivity index (χ2v) is 5.98. The number of ether oxygens (including phenoxy) is 1. The number of hydrogen-bond donors (Lipinski definition) is 1. The summed E-state index contributed by atoms with van der Waals surface area (Å²) < 4.78 is 41.9. The van der Waals surface area contributed by atoms with Gasteiger partial charge in [0.25, 0.3) is 0 Å². The first-order valence-electron chi connectivity index (χ1n) is 5.79. The minimum absolute atomic E-state index is 0.0551. The van der Waals surface area contributed by atoms with Gasteiger partial charge in [0.2, 0.25) is 0 Å². The van der Waals surface area contributed by atoms with Gasteiger partial charge in [0.15, 0.2) is 9.84 Å². The zero-order valence-electron chi connectivity index (χ0n) is 10.3. The standard InChI is InChI=1S/C12H18FNO3S/c1-2-17-11(9-14)7-8-18(15,16)12-5-3-10(13)4-6-12/h3-6,11H,2,7-9,14H2,1H3. The molecule has 0 aromatic heterocycles. The molecule has 1 unspecified atom stereocenters. The number of benzene rings is 1. The van der Waals surface area contributed by atoms with E-state index in [9.17, 15) is 12.8 Å². The molecule has 1 aromatic rings. The highest BCUT2D eigenvalue weighted by Gasteiger charge is 2.17. The van der Waals surface area contributed by atoms with Crippen LogP contribution in [0.25, 0.3) is 0 Å². The lowest BCUT2D eigenvalue weighted by molar-refractivity contribution is 0.0671. The molecular formula is C12H18FNO3S. The lowest BCUT2D eigenvalue weighted by Gasteiger charge is -2.14. The molecule has 0 heterocycles. The molecule has 0 fully saturated rings. The van der Waals surface area contributed by atoms with E-state index in [1.54, 1.807) is 0 Å². The lowest BCUT2D eigenvalue weighted by atomic mass is 10.3. The molecule has 0 saturated carbocycles. The average molecular weight is 275 g/mol. The van der Waals surface area contributed by atoms with Gasteiger partial charge in [-0.05, 0) is 37.6 Å². The maximum Gasteiger partial charge on any atom is 0.178 e. The molecule has 1 aromatic carbocycles. The monoisotopic (exact) mass is 275 g/mol. The van der Waals surface area contributed by atoms with Crippen molar-refractivity contribution in [1.29, 1.82) is 0 Å². The number of sulfone groups is 1. The van der Waals surface area contributed by atoms with Gasteiger partial charge in [-0.15, -0.1) is 0 Å². The Morgan fingerprint density at radius 1 is 1.33 bits per heavy atom. The number of rotatable bonds is 7. The van der Waals surface area contributed by atoms with Gasteiger partial charge in [0.05, 0.1) is 16.8 Å². The summed E-state index contributed by atoms with van der Waals surface area (Å²) in [6.45, 7) is 2.61. The molecule has 1 atom stereocenters. The van der Waals surface area contributed by atoms with Crippen molar-refractivity contribution in [2.24, 2.45) is 5.73 Å². The smallest absolute Gasteiger partial charge is 0.178 e. The summed E-state index contributed by atoms with van der Waals surface area (Å²) >= 11 is 0. The molecular weight excluding hydrogens is 257 g/mol. The summed E-state index contributed by atoms with van der Waals surface area (Å²) in [5, 5.41) is 0. The summed E-state index contributed by atoms with van der Waals surface area (Å²) in [5.74, 6) is -0.511. The Morgan fingerprint density at radius 3 is 2.44 bits per heavy atom. The summed E-state index contributed by atoms with van der Waals surface area (Å²) in [6, 6.07) is 4.80. The number of halogens is 1. The zero-order valence-corrected chi connectivity index (χ0v) is 11.1. The van der Waals surface area contributed by atoms with Crippen LogP contribution >= 0.6 is 0 Å². The van der Waals surface area contributed by atoms with Crippen molar-refractivity contribution in [2.75, 3.05) is 18.9 Å². The van der Waals surface area contributed by atoms with Gasteiger partial charge in [0.1, 0.15) is 5.82 Å². The Bertz CT molecular complexity index is 459. The quantitative estimate of drug-likeness (QED) is 0.763. The van der Waals surface area contributed by atoms with E-state index in [2.05, 4.69) is 0 Å². The molecule has 0 radical (unpaired) electrons. The van der Waals surface area contributed by atoms with Crippen molar-refractivity contribution in [3.05, 3.63) is 30.1 Å². The van der Waals surface area contributed by atoms with E-state index < -0.39 is 15.7 Å². The maximum absolute atomic E-state index is 12.7. The van der Waals surface area contributed by atoms with Crippen LogP contribution in [0.4, 0.5) is 4.39 Å². The molecule has 18 heavy (non-hydrogen) atoms. The Labute approximate surface area is 107 Å². The van der Waals surface area contributed by atoms with Gasteiger partial charge >= 0.3 is 0 Å². The van der Waals surface area contributed by atoms with Gasteiger partial charge in [-0.25, -0.2) is 12.8 Å². The van der Waals surface area contributed by atoms with Crippen molar-refractivity contribution >= 4 is 9.84 Å². The minimum Gasteiger partial charge on any atom is -0.377 e. The third-order valence-electron chi connectivity index (χ3n) is 2.55. The van der Waals surface area contributed by atoms with Crippen molar-refractivity contribution in [3.63, 3.8) is 0 Å². The van der Waals surface area contributed by atoms with Crippen molar-refractivity contribution in [3.8, 4) is 0 Å². The molecule has 4 nitrogen and oxygen atoms in total.